The van der Waals surface area contributed by atoms with E-state index in [9.17, 15) is 5.11 Å². The van der Waals surface area contributed by atoms with E-state index in [1.165, 1.54) is 0 Å². The molecule has 0 radical (unpaired) electrons. The molecule has 2 N–H and O–H groups in total. The molecule has 0 unspecified atom stereocenters. The highest BCUT2D eigenvalue weighted by Gasteiger charge is 2.16. The summed E-state index contributed by atoms with van der Waals surface area (Å²) in [4.78, 5) is 0.377. The Morgan fingerprint density at radius 1 is 1.09 bits per heavy atom. The minimum absolute atomic E-state index is 0.0732. The first-order chi connectivity index (χ1) is 10.7. The molecular weight excluding hydrogens is 296 g/mol. The summed E-state index contributed by atoms with van der Waals surface area (Å²) in [5.41, 5.74) is 2.77. The highest BCUT2D eigenvalue weighted by Crippen LogP contribution is 2.19. The van der Waals surface area contributed by atoms with Gasteiger partial charge in [0, 0.05) is 5.69 Å². The van der Waals surface area contributed by atoms with Gasteiger partial charge in [-0.3, -0.25) is 0 Å². The summed E-state index contributed by atoms with van der Waals surface area (Å²) in [6.45, 7) is 1.57. The quantitative estimate of drug-likeness (QED) is 0.439. The maximum absolute atomic E-state index is 10.1. The Morgan fingerprint density at radius 3 is 2.50 bits per heavy atom. The Hall–Kier alpha value is -2.73. The molecule has 0 aliphatic rings. The van der Waals surface area contributed by atoms with Crippen molar-refractivity contribution in [1.29, 1.82) is 0 Å². The standard InChI is InChI=1S/C16H14N4OS/c1-11(21)15(16(22)17-12-7-3-2-4-8-12)20-14-10-6-5-9-13(14)18-19-20/h2-10,21H,1H3,(H,17,22)/b15-11+. The van der Waals surface area contributed by atoms with E-state index in [-0.39, 0.29) is 5.76 Å². The second kappa shape index (κ2) is 5.95. The van der Waals surface area contributed by atoms with Crippen LogP contribution in [0.4, 0.5) is 5.69 Å². The molecule has 0 fully saturated rings. The number of fused-ring (bicyclic) bond motifs is 1. The van der Waals surface area contributed by atoms with E-state index in [4.69, 9.17) is 12.2 Å². The Kier molecular flexibility index (Phi) is 3.84. The number of hydrogen-bond acceptors (Lipinski definition) is 4. The van der Waals surface area contributed by atoms with E-state index in [1.54, 1.807) is 11.6 Å². The molecule has 0 aliphatic heterocycles. The first kappa shape index (κ1) is 14.2. The zero-order valence-electron chi connectivity index (χ0n) is 11.9. The fraction of sp³-hybridized carbons (Fsp3) is 0.0625. The SMILES string of the molecule is C/C(O)=C(/C(=S)Nc1ccccc1)n1nnc2ccccc21. The fourth-order valence-electron chi connectivity index (χ4n) is 2.16. The van der Waals surface area contributed by atoms with E-state index in [2.05, 4.69) is 15.6 Å². The van der Waals surface area contributed by atoms with Crippen molar-refractivity contribution in [1.82, 2.24) is 15.0 Å². The summed E-state index contributed by atoms with van der Waals surface area (Å²) in [5, 5.41) is 21.3. The van der Waals surface area contributed by atoms with Crippen molar-refractivity contribution in [2.24, 2.45) is 0 Å². The third kappa shape index (κ3) is 2.68. The van der Waals surface area contributed by atoms with E-state index >= 15 is 0 Å². The van der Waals surface area contributed by atoms with Crippen molar-refractivity contribution >= 4 is 39.6 Å². The van der Waals surface area contributed by atoms with Gasteiger partial charge in [0.1, 0.15) is 22.0 Å². The number of para-hydroxylation sites is 2. The Balaban J connectivity index is 2.01. The van der Waals surface area contributed by atoms with Gasteiger partial charge in [-0.25, -0.2) is 4.68 Å². The van der Waals surface area contributed by atoms with E-state index < -0.39 is 0 Å². The zero-order chi connectivity index (χ0) is 15.5. The summed E-state index contributed by atoms with van der Waals surface area (Å²) in [6.07, 6.45) is 0. The molecule has 6 heteroatoms. The average molecular weight is 310 g/mol. The monoisotopic (exact) mass is 310 g/mol. The van der Waals surface area contributed by atoms with Crippen LogP contribution in [0, 0.1) is 0 Å². The number of thiocarbonyl (C=S) groups is 1. The van der Waals surface area contributed by atoms with Crippen LogP contribution in [0.5, 0.6) is 0 Å². The summed E-state index contributed by atoms with van der Waals surface area (Å²) < 4.78 is 1.54. The van der Waals surface area contributed by atoms with Crippen LogP contribution >= 0.6 is 12.2 Å². The number of benzene rings is 2. The lowest BCUT2D eigenvalue weighted by atomic mass is 10.2. The molecule has 0 saturated carbocycles. The molecule has 0 amide bonds. The topological polar surface area (TPSA) is 63.0 Å². The number of nitrogens with zero attached hydrogens (tertiary/aromatic N) is 3. The average Bonchev–Trinajstić information content (AvgIpc) is 2.92. The van der Waals surface area contributed by atoms with Crippen LogP contribution in [0.25, 0.3) is 16.7 Å². The van der Waals surface area contributed by atoms with E-state index in [1.807, 2.05) is 54.6 Å². The number of aliphatic hydroxyl groups is 1. The molecule has 0 saturated heterocycles. The number of anilines is 1. The smallest absolute Gasteiger partial charge is 0.139 e. The van der Waals surface area contributed by atoms with Crippen LogP contribution in [-0.2, 0) is 0 Å². The molecule has 2 aromatic carbocycles. The van der Waals surface area contributed by atoms with E-state index in [0.717, 1.165) is 16.7 Å². The maximum atomic E-state index is 10.1. The number of nitrogens with one attached hydrogen (secondary N) is 1. The van der Waals surface area contributed by atoms with E-state index in [0.29, 0.717) is 10.7 Å². The number of aliphatic hydroxyl groups excluding tert-OH is 1. The van der Waals surface area contributed by atoms with Crippen molar-refractivity contribution < 1.29 is 5.11 Å². The second-order valence-electron chi connectivity index (χ2n) is 4.74. The number of allylic oxidation sites excluding steroid dienone is 1. The van der Waals surface area contributed by atoms with Crippen molar-refractivity contribution in [2.75, 3.05) is 5.32 Å². The number of hydrogen-bond donors (Lipinski definition) is 2. The minimum atomic E-state index is 0.0732. The Labute approximate surface area is 132 Å². The third-order valence-corrected chi connectivity index (χ3v) is 3.45. The van der Waals surface area contributed by atoms with Crippen LogP contribution in [0.1, 0.15) is 6.92 Å². The largest absolute Gasteiger partial charge is 0.510 e. The fourth-order valence-corrected chi connectivity index (χ4v) is 2.51. The highest BCUT2D eigenvalue weighted by atomic mass is 32.1. The van der Waals surface area contributed by atoms with Gasteiger partial charge >= 0.3 is 0 Å². The first-order valence-electron chi connectivity index (χ1n) is 6.74. The molecule has 0 bridgehead atoms. The summed E-state index contributed by atoms with van der Waals surface area (Å²) in [6, 6.07) is 17.0. The molecule has 1 aromatic heterocycles. The molecule has 110 valence electrons. The second-order valence-corrected chi connectivity index (χ2v) is 5.15. The van der Waals surface area contributed by atoms with Gasteiger partial charge in [0.2, 0.25) is 0 Å². The van der Waals surface area contributed by atoms with Gasteiger partial charge in [-0.05, 0) is 31.2 Å². The molecule has 1 heterocycles. The van der Waals surface area contributed by atoms with Crippen molar-refractivity contribution in [3.63, 3.8) is 0 Å². The molecule has 3 aromatic rings. The van der Waals surface area contributed by atoms with Crippen LogP contribution in [0.2, 0.25) is 0 Å². The zero-order valence-corrected chi connectivity index (χ0v) is 12.7. The van der Waals surface area contributed by atoms with Crippen LogP contribution in [0.3, 0.4) is 0 Å². The van der Waals surface area contributed by atoms with Gasteiger partial charge in [-0.15, -0.1) is 5.10 Å². The van der Waals surface area contributed by atoms with Crippen LogP contribution in [-0.4, -0.2) is 25.1 Å². The highest BCUT2D eigenvalue weighted by molar-refractivity contribution is 7.81. The third-order valence-electron chi connectivity index (χ3n) is 3.15. The molecule has 3 rings (SSSR count). The van der Waals surface area contributed by atoms with Crippen molar-refractivity contribution in [3.8, 4) is 0 Å². The lowest BCUT2D eigenvalue weighted by Gasteiger charge is -2.13. The summed E-state index contributed by atoms with van der Waals surface area (Å²) >= 11 is 5.43. The first-order valence-corrected chi connectivity index (χ1v) is 7.14. The Bertz CT molecular complexity index is 851. The Morgan fingerprint density at radius 2 is 1.77 bits per heavy atom. The van der Waals surface area contributed by atoms with Gasteiger partial charge in [-0.1, -0.05) is 47.8 Å². The molecule has 0 atom stereocenters. The van der Waals surface area contributed by atoms with Gasteiger partial charge in [0.15, 0.2) is 0 Å². The van der Waals surface area contributed by atoms with Crippen molar-refractivity contribution in [2.45, 2.75) is 6.92 Å². The van der Waals surface area contributed by atoms with Crippen LogP contribution in [0.15, 0.2) is 60.4 Å². The predicted molar refractivity (Wildman–Crippen MR) is 91.7 cm³/mol. The van der Waals surface area contributed by atoms with Crippen LogP contribution < -0.4 is 5.32 Å². The molecule has 0 spiro atoms. The summed E-state index contributed by atoms with van der Waals surface area (Å²) in [5.74, 6) is 0.0732. The van der Waals surface area contributed by atoms with Crippen molar-refractivity contribution in [3.05, 3.63) is 60.4 Å². The molecular formula is C16H14N4OS. The van der Waals surface area contributed by atoms with Gasteiger partial charge < -0.3 is 10.4 Å². The maximum Gasteiger partial charge on any atom is 0.139 e. The molecule has 5 nitrogen and oxygen atoms in total. The number of rotatable bonds is 3. The lowest BCUT2D eigenvalue weighted by molar-refractivity contribution is 0.414. The van der Waals surface area contributed by atoms with Gasteiger partial charge in [-0.2, -0.15) is 0 Å². The lowest BCUT2D eigenvalue weighted by Crippen LogP contribution is -2.18. The molecule has 22 heavy (non-hydrogen) atoms. The van der Waals surface area contributed by atoms with Gasteiger partial charge in [0.05, 0.1) is 5.52 Å². The van der Waals surface area contributed by atoms with Gasteiger partial charge in [0.25, 0.3) is 0 Å². The number of aromatic nitrogens is 3. The predicted octanol–water partition coefficient (Wildman–Crippen LogP) is 3.62. The minimum Gasteiger partial charge on any atom is -0.510 e. The normalized spacial score (nSPS) is 12.0. The molecule has 0 aliphatic carbocycles. The summed E-state index contributed by atoms with van der Waals surface area (Å²) in [7, 11) is 0.